The molecule has 0 heterocycles. The van der Waals surface area contributed by atoms with E-state index in [1.54, 1.807) is 24.3 Å². The minimum atomic E-state index is -3.51. The fourth-order valence-corrected chi connectivity index (χ4v) is 3.90. The van der Waals surface area contributed by atoms with Gasteiger partial charge in [-0.1, -0.05) is 31.9 Å². The summed E-state index contributed by atoms with van der Waals surface area (Å²) in [5.41, 5.74) is 2.83. The zero-order chi connectivity index (χ0) is 13.9. The molecular weight excluding hydrogens is 262 g/mol. The standard InChI is InChI=1S/C13H21N3O2S/c1-10-5-4-6-11(10)9-15-19(17,18)13-8-3-2-7-12(13)16-14/h2-3,7-8,10-11,15-16H,4-6,9,14H2,1H3. The summed E-state index contributed by atoms with van der Waals surface area (Å²) in [6.45, 7) is 2.68. The number of sulfonamides is 1. The molecule has 1 fully saturated rings. The molecular formula is C13H21N3O2S. The average molecular weight is 283 g/mol. The van der Waals surface area contributed by atoms with Crippen LogP contribution < -0.4 is 16.0 Å². The second-order valence-corrected chi connectivity index (χ2v) is 6.90. The maximum Gasteiger partial charge on any atom is 0.242 e. The third kappa shape index (κ3) is 3.26. The number of benzene rings is 1. The van der Waals surface area contributed by atoms with E-state index in [0.29, 0.717) is 24.1 Å². The SMILES string of the molecule is CC1CCCC1CNS(=O)(=O)c1ccccc1NN. The van der Waals surface area contributed by atoms with E-state index in [1.807, 2.05) is 0 Å². The summed E-state index contributed by atoms with van der Waals surface area (Å²) in [4.78, 5) is 0.197. The van der Waals surface area contributed by atoms with Crippen molar-refractivity contribution in [2.45, 2.75) is 31.1 Å². The first kappa shape index (κ1) is 14.3. The van der Waals surface area contributed by atoms with E-state index in [4.69, 9.17) is 5.84 Å². The fraction of sp³-hybridized carbons (Fsp3) is 0.538. The highest BCUT2D eigenvalue weighted by Crippen LogP contribution is 2.31. The molecule has 0 saturated heterocycles. The molecule has 0 bridgehead atoms. The Morgan fingerprint density at radius 3 is 2.68 bits per heavy atom. The quantitative estimate of drug-likeness (QED) is 0.567. The molecule has 1 aromatic carbocycles. The van der Waals surface area contributed by atoms with Gasteiger partial charge < -0.3 is 5.43 Å². The lowest BCUT2D eigenvalue weighted by molar-refractivity contribution is 0.414. The lowest BCUT2D eigenvalue weighted by Crippen LogP contribution is -2.31. The molecule has 0 aliphatic heterocycles. The number of hydrogen-bond donors (Lipinski definition) is 3. The first-order valence-electron chi connectivity index (χ1n) is 6.60. The molecule has 2 atom stereocenters. The lowest BCUT2D eigenvalue weighted by atomic mass is 9.99. The molecule has 1 aromatic rings. The summed E-state index contributed by atoms with van der Waals surface area (Å²) in [5.74, 6) is 6.37. The molecule has 5 nitrogen and oxygen atoms in total. The van der Waals surface area contributed by atoms with Gasteiger partial charge in [0, 0.05) is 6.54 Å². The average Bonchev–Trinajstić information content (AvgIpc) is 2.82. The maximum atomic E-state index is 12.3. The van der Waals surface area contributed by atoms with Gasteiger partial charge in [0.1, 0.15) is 4.90 Å². The zero-order valence-corrected chi connectivity index (χ0v) is 11.9. The second kappa shape index (κ2) is 5.90. The van der Waals surface area contributed by atoms with Crippen molar-refractivity contribution in [2.75, 3.05) is 12.0 Å². The zero-order valence-electron chi connectivity index (χ0n) is 11.1. The molecule has 19 heavy (non-hydrogen) atoms. The molecule has 106 valence electrons. The number of hydrogen-bond acceptors (Lipinski definition) is 4. The topological polar surface area (TPSA) is 84.2 Å². The van der Waals surface area contributed by atoms with Crippen LogP contribution in [0.25, 0.3) is 0 Å². The van der Waals surface area contributed by atoms with Gasteiger partial charge in [-0.25, -0.2) is 13.1 Å². The van der Waals surface area contributed by atoms with Gasteiger partial charge in [-0.3, -0.25) is 5.84 Å². The van der Waals surface area contributed by atoms with Crippen LogP contribution in [0.2, 0.25) is 0 Å². The van der Waals surface area contributed by atoms with Crippen LogP contribution in [-0.2, 0) is 10.0 Å². The van der Waals surface area contributed by atoms with Gasteiger partial charge in [0.2, 0.25) is 10.0 Å². The molecule has 2 rings (SSSR count). The molecule has 6 heteroatoms. The van der Waals surface area contributed by atoms with E-state index in [0.717, 1.165) is 6.42 Å². The van der Waals surface area contributed by atoms with Crippen LogP contribution in [0, 0.1) is 11.8 Å². The van der Waals surface area contributed by atoms with Gasteiger partial charge in [0.15, 0.2) is 0 Å². The largest absolute Gasteiger partial charge is 0.323 e. The van der Waals surface area contributed by atoms with Crippen LogP contribution in [0.3, 0.4) is 0 Å². The number of para-hydroxylation sites is 1. The predicted octanol–water partition coefficient (Wildman–Crippen LogP) is 1.69. The molecule has 0 spiro atoms. The van der Waals surface area contributed by atoms with Gasteiger partial charge in [-0.2, -0.15) is 0 Å². The Morgan fingerprint density at radius 1 is 1.32 bits per heavy atom. The van der Waals surface area contributed by atoms with E-state index in [2.05, 4.69) is 17.1 Å². The molecule has 0 radical (unpaired) electrons. The minimum absolute atomic E-state index is 0.197. The van der Waals surface area contributed by atoms with Crippen molar-refractivity contribution in [1.29, 1.82) is 0 Å². The van der Waals surface area contributed by atoms with E-state index in [-0.39, 0.29) is 4.90 Å². The monoisotopic (exact) mass is 283 g/mol. The van der Waals surface area contributed by atoms with Crippen LogP contribution in [0.5, 0.6) is 0 Å². The highest BCUT2D eigenvalue weighted by molar-refractivity contribution is 7.89. The van der Waals surface area contributed by atoms with Gasteiger partial charge >= 0.3 is 0 Å². The minimum Gasteiger partial charge on any atom is -0.323 e. The van der Waals surface area contributed by atoms with Gasteiger partial charge in [0.25, 0.3) is 0 Å². The van der Waals surface area contributed by atoms with Crippen molar-refractivity contribution in [3.63, 3.8) is 0 Å². The van der Waals surface area contributed by atoms with E-state index >= 15 is 0 Å². The molecule has 2 unspecified atom stereocenters. The summed E-state index contributed by atoms with van der Waals surface area (Å²) in [6.07, 6.45) is 3.47. The van der Waals surface area contributed by atoms with Crippen LogP contribution in [0.4, 0.5) is 5.69 Å². The summed E-state index contributed by atoms with van der Waals surface area (Å²) >= 11 is 0. The molecule has 0 aromatic heterocycles. The summed E-state index contributed by atoms with van der Waals surface area (Å²) in [6, 6.07) is 6.63. The Hall–Kier alpha value is -1.11. The number of anilines is 1. The number of nitrogens with two attached hydrogens (primary N) is 1. The van der Waals surface area contributed by atoms with Gasteiger partial charge in [-0.05, 0) is 30.4 Å². The molecule has 1 saturated carbocycles. The first-order chi connectivity index (χ1) is 9.04. The van der Waals surface area contributed by atoms with E-state index < -0.39 is 10.0 Å². The van der Waals surface area contributed by atoms with E-state index in [9.17, 15) is 8.42 Å². The van der Waals surface area contributed by atoms with Crippen LogP contribution in [-0.4, -0.2) is 15.0 Å². The summed E-state index contributed by atoms with van der Waals surface area (Å²) in [5, 5.41) is 0. The summed E-state index contributed by atoms with van der Waals surface area (Å²) < 4.78 is 27.2. The molecule has 1 aliphatic carbocycles. The number of rotatable bonds is 5. The van der Waals surface area contributed by atoms with Crippen molar-refractivity contribution >= 4 is 15.7 Å². The number of nitrogen functional groups attached to an aromatic ring is 1. The van der Waals surface area contributed by atoms with Crippen molar-refractivity contribution < 1.29 is 8.42 Å². The second-order valence-electron chi connectivity index (χ2n) is 5.16. The van der Waals surface area contributed by atoms with Crippen molar-refractivity contribution in [3.05, 3.63) is 24.3 Å². The predicted molar refractivity (Wildman–Crippen MR) is 75.9 cm³/mol. The Balaban J connectivity index is 2.09. The van der Waals surface area contributed by atoms with Crippen molar-refractivity contribution in [1.82, 2.24) is 4.72 Å². The van der Waals surface area contributed by atoms with Crippen molar-refractivity contribution in [3.8, 4) is 0 Å². The smallest absolute Gasteiger partial charge is 0.242 e. The van der Waals surface area contributed by atoms with Crippen LogP contribution in [0.15, 0.2) is 29.2 Å². The lowest BCUT2D eigenvalue weighted by Gasteiger charge is -2.17. The fourth-order valence-electron chi connectivity index (χ4n) is 2.64. The molecule has 1 aliphatic rings. The van der Waals surface area contributed by atoms with Crippen LogP contribution in [0.1, 0.15) is 26.2 Å². The number of hydrazine groups is 1. The first-order valence-corrected chi connectivity index (χ1v) is 8.08. The molecule has 4 N–H and O–H groups in total. The van der Waals surface area contributed by atoms with E-state index in [1.165, 1.54) is 12.8 Å². The van der Waals surface area contributed by atoms with Crippen LogP contribution >= 0.6 is 0 Å². The highest BCUT2D eigenvalue weighted by Gasteiger charge is 2.26. The van der Waals surface area contributed by atoms with Gasteiger partial charge in [-0.15, -0.1) is 0 Å². The Bertz CT molecular complexity index is 530. The Kier molecular flexibility index (Phi) is 4.44. The Morgan fingerprint density at radius 2 is 2.05 bits per heavy atom. The van der Waals surface area contributed by atoms with Gasteiger partial charge in [0.05, 0.1) is 5.69 Å². The maximum absolute atomic E-state index is 12.3. The third-order valence-electron chi connectivity index (χ3n) is 3.91. The molecule has 0 amide bonds. The summed E-state index contributed by atoms with van der Waals surface area (Å²) in [7, 11) is -3.51. The number of nitrogens with one attached hydrogen (secondary N) is 2. The highest BCUT2D eigenvalue weighted by atomic mass is 32.2. The van der Waals surface area contributed by atoms with Crippen molar-refractivity contribution in [2.24, 2.45) is 17.7 Å². The Labute approximate surface area is 114 Å². The third-order valence-corrected chi connectivity index (χ3v) is 5.39. The normalized spacial score (nSPS) is 23.5.